The van der Waals surface area contributed by atoms with Crippen LogP contribution in [0.25, 0.3) is 0 Å². The highest BCUT2D eigenvalue weighted by Gasteiger charge is 2.13. The van der Waals surface area contributed by atoms with Crippen molar-refractivity contribution < 1.29 is 0 Å². The highest BCUT2D eigenvalue weighted by Crippen LogP contribution is 2.19. The maximum atomic E-state index is 4.44. The van der Waals surface area contributed by atoms with E-state index in [9.17, 15) is 0 Å². The Morgan fingerprint density at radius 1 is 1.47 bits per heavy atom. The number of aromatic nitrogens is 2. The van der Waals surface area contributed by atoms with E-state index < -0.39 is 0 Å². The van der Waals surface area contributed by atoms with E-state index in [1.165, 1.54) is 0 Å². The number of aliphatic imine (C=N–C) groups is 1. The molecule has 0 saturated heterocycles. The molecule has 2 heterocycles. The molecule has 0 radical (unpaired) electrons. The molecule has 2 N–H and O–H groups in total. The number of nitrogens with one attached hydrogen (secondary N) is 2. The first-order valence-electron chi connectivity index (χ1n) is 5.31. The Labute approximate surface area is 89.6 Å². The van der Waals surface area contributed by atoms with E-state index in [1.54, 1.807) is 0 Å². The van der Waals surface area contributed by atoms with Crippen molar-refractivity contribution in [2.75, 3.05) is 18.4 Å². The fraction of sp³-hybridized carbons (Fsp3) is 0.600. The Kier molecular flexibility index (Phi) is 2.62. The molecule has 1 aromatic rings. The van der Waals surface area contributed by atoms with Gasteiger partial charge in [0.15, 0.2) is 5.96 Å². The summed E-state index contributed by atoms with van der Waals surface area (Å²) < 4.78 is 1.99. The number of nitrogens with zero attached hydrogens (tertiary/aromatic N) is 3. The van der Waals surface area contributed by atoms with Crippen LogP contribution in [0.4, 0.5) is 5.69 Å². The van der Waals surface area contributed by atoms with Gasteiger partial charge in [-0.15, -0.1) is 0 Å². The molecule has 0 aromatic carbocycles. The standard InChI is InChI=1S/C10H17N5/c1-4-15-8(3)9(7(2)14-15)13-10-11-5-6-12-10/h4-6H2,1-3H3,(H2,11,12,13). The topological polar surface area (TPSA) is 54.2 Å². The second kappa shape index (κ2) is 3.92. The summed E-state index contributed by atoms with van der Waals surface area (Å²) >= 11 is 0. The van der Waals surface area contributed by atoms with Crippen molar-refractivity contribution in [2.24, 2.45) is 4.99 Å². The monoisotopic (exact) mass is 207 g/mol. The van der Waals surface area contributed by atoms with Crippen LogP contribution in [0.15, 0.2) is 4.99 Å². The molecule has 1 aliphatic heterocycles. The molecule has 1 aromatic heterocycles. The largest absolute Gasteiger partial charge is 0.354 e. The SMILES string of the molecule is CCn1nc(C)c(NC2=NCCN2)c1C. The molecule has 1 aliphatic rings. The predicted molar refractivity (Wildman–Crippen MR) is 61.3 cm³/mol. The summed E-state index contributed by atoms with van der Waals surface area (Å²) in [5, 5.41) is 10.9. The molecule has 0 saturated carbocycles. The predicted octanol–water partition coefficient (Wildman–Crippen LogP) is 0.891. The quantitative estimate of drug-likeness (QED) is 0.757. The van der Waals surface area contributed by atoms with Crippen molar-refractivity contribution >= 4 is 11.6 Å². The zero-order valence-electron chi connectivity index (χ0n) is 9.46. The van der Waals surface area contributed by atoms with Crippen molar-refractivity contribution in [3.63, 3.8) is 0 Å². The average Bonchev–Trinajstić information content (AvgIpc) is 2.81. The molecule has 0 unspecified atom stereocenters. The van der Waals surface area contributed by atoms with Crippen LogP contribution in [0, 0.1) is 13.8 Å². The van der Waals surface area contributed by atoms with Gasteiger partial charge in [-0.2, -0.15) is 5.10 Å². The summed E-state index contributed by atoms with van der Waals surface area (Å²) in [5.41, 5.74) is 3.25. The molecule has 0 fully saturated rings. The van der Waals surface area contributed by atoms with Crippen LogP contribution in [0.2, 0.25) is 0 Å². The Balaban J connectivity index is 2.23. The molecule has 82 valence electrons. The van der Waals surface area contributed by atoms with Gasteiger partial charge in [0.05, 0.1) is 23.6 Å². The van der Waals surface area contributed by atoms with Gasteiger partial charge in [0.1, 0.15) is 0 Å². The van der Waals surface area contributed by atoms with Gasteiger partial charge < -0.3 is 10.6 Å². The number of guanidine groups is 1. The molecule has 0 atom stereocenters. The zero-order valence-corrected chi connectivity index (χ0v) is 9.46. The third-order valence-corrected chi connectivity index (χ3v) is 2.60. The number of anilines is 1. The van der Waals surface area contributed by atoms with Crippen molar-refractivity contribution in [1.82, 2.24) is 15.1 Å². The molecule has 0 aliphatic carbocycles. The van der Waals surface area contributed by atoms with Gasteiger partial charge in [0.2, 0.25) is 0 Å². The van der Waals surface area contributed by atoms with Crippen LogP contribution in [-0.4, -0.2) is 28.8 Å². The van der Waals surface area contributed by atoms with E-state index in [4.69, 9.17) is 0 Å². The highest BCUT2D eigenvalue weighted by atomic mass is 15.3. The fourth-order valence-electron chi connectivity index (χ4n) is 1.79. The van der Waals surface area contributed by atoms with Crippen LogP contribution < -0.4 is 10.6 Å². The van der Waals surface area contributed by atoms with Crippen molar-refractivity contribution in [3.8, 4) is 0 Å². The van der Waals surface area contributed by atoms with E-state index in [2.05, 4.69) is 34.6 Å². The molecule has 5 nitrogen and oxygen atoms in total. The second-order valence-electron chi connectivity index (χ2n) is 3.64. The summed E-state index contributed by atoms with van der Waals surface area (Å²) in [5.74, 6) is 0.858. The van der Waals surface area contributed by atoms with Crippen LogP contribution >= 0.6 is 0 Å². The number of aryl methyl sites for hydroxylation is 2. The van der Waals surface area contributed by atoms with E-state index in [0.717, 1.165) is 42.7 Å². The number of hydrogen-bond donors (Lipinski definition) is 2. The first-order chi connectivity index (χ1) is 7.22. The lowest BCUT2D eigenvalue weighted by Gasteiger charge is -2.06. The molecular weight excluding hydrogens is 190 g/mol. The Bertz CT molecular complexity index is 391. The van der Waals surface area contributed by atoms with Crippen molar-refractivity contribution in [2.45, 2.75) is 27.3 Å². The van der Waals surface area contributed by atoms with E-state index in [1.807, 2.05) is 11.6 Å². The Morgan fingerprint density at radius 2 is 2.27 bits per heavy atom. The van der Waals surface area contributed by atoms with E-state index in [-0.39, 0.29) is 0 Å². The minimum atomic E-state index is 0.850. The number of hydrogen-bond acceptors (Lipinski definition) is 4. The molecule has 2 rings (SSSR count). The average molecular weight is 207 g/mol. The van der Waals surface area contributed by atoms with Crippen LogP contribution in [0.1, 0.15) is 18.3 Å². The van der Waals surface area contributed by atoms with Gasteiger partial charge in [0, 0.05) is 13.1 Å². The molecular formula is C10H17N5. The molecule has 5 heteroatoms. The fourth-order valence-corrected chi connectivity index (χ4v) is 1.79. The summed E-state index contributed by atoms with van der Waals surface area (Å²) in [6, 6.07) is 0. The molecule has 0 amide bonds. The maximum absolute atomic E-state index is 4.44. The maximum Gasteiger partial charge on any atom is 0.196 e. The van der Waals surface area contributed by atoms with E-state index in [0.29, 0.717) is 0 Å². The van der Waals surface area contributed by atoms with Gasteiger partial charge in [-0.1, -0.05) is 0 Å². The zero-order chi connectivity index (χ0) is 10.8. The smallest absolute Gasteiger partial charge is 0.196 e. The van der Waals surface area contributed by atoms with Gasteiger partial charge in [-0.05, 0) is 20.8 Å². The van der Waals surface area contributed by atoms with Crippen molar-refractivity contribution in [3.05, 3.63) is 11.4 Å². The highest BCUT2D eigenvalue weighted by molar-refractivity contribution is 5.95. The Hall–Kier alpha value is -1.52. The van der Waals surface area contributed by atoms with Crippen molar-refractivity contribution in [1.29, 1.82) is 0 Å². The molecule has 0 bridgehead atoms. The van der Waals surface area contributed by atoms with Crippen LogP contribution in [-0.2, 0) is 6.54 Å². The summed E-state index contributed by atoms with van der Waals surface area (Å²) in [7, 11) is 0. The van der Waals surface area contributed by atoms with Gasteiger partial charge in [-0.3, -0.25) is 9.67 Å². The number of rotatable bonds is 2. The normalized spacial score (nSPS) is 15.0. The summed E-state index contributed by atoms with van der Waals surface area (Å²) in [6.45, 7) is 8.84. The van der Waals surface area contributed by atoms with Crippen LogP contribution in [0.3, 0.4) is 0 Å². The third kappa shape index (κ3) is 1.82. The van der Waals surface area contributed by atoms with Gasteiger partial charge in [-0.25, -0.2) is 0 Å². The van der Waals surface area contributed by atoms with E-state index >= 15 is 0 Å². The van der Waals surface area contributed by atoms with Crippen LogP contribution in [0.5, 0.6) is 0 Å². The lowest BCUT2D eigenvalue weighted by molar-refractivity contribution is 0.634. The summed E-state index contributed by atoms with van der Waals surface area (Å²) in [6.07, 6.45) is 0. The minimum absolute atomic E-state index is 0.850. The first-order valence-corrected chi connectivity index (χ1v) is 5.31. The van der Waals surface area contributed by atoms with Gasteiger partial charge >= 0.3 is 0 Å². The van der Waals surface area contributed by atoms with Gasteiger partial charge in [0.25, 0.3) is 0 Å². The third-order valence-electron chi connectivity index (χ3n) is 2.60. The minimum Gasteiger partial charge on any atom is -0.354 e. The molecule has 0 spiro atoms. The lowest BCUT2D eigenvalue weighted by atomic mass is 10.3. The lowest BCUT2D eigenvalue weighted by Crippen LogP contribution is -2.26. The summed E-state index contributed by atoms with van der Waals surface area (Å²) in [4.78, 5) is 4.31. The second-order valence-corrected chi connectivity index (χ2v) is 3.64. The molecule has 15 heavy (non-hydrogen) atoms. The first kappa shape index (κ1) is 10.0. The Morgan fingerprint density at radius 3 is 2.80 bits per heavy atom.